The van der Waals surface area contributed by atoms with Crippen molar-refractivity contribution in [3.05, 3.63) is 41.5 Å². The van der Waals surface area contributed by atoms with Crippen molar-refractivity contribution in [3.63, 3.8) is 0 Å². The predicted octanol–water partition coefficient (Wildman–Crippen LogP) is 0.283. The molecule has 3 rings (SSSR count). The lowest BCUT2D eigenvalue weighted by atomic mass is 10.1. The standard InChI is InChI=1S/C13H16N4O3S/c1-10-11(8-18)3-2-4-12(10)21(19,20)17-6-5-16-9-14-15-13(16)7-17/h2-4,9,18H,5-8H2,1H3. The molecule has 0 saturated carbocycles. The van der Waals surface area contributed by atoms with Crippen molar-refractivity contribution in [2.24, 2.45) is 0 Å². The van der Waals surface area contributed by atoms with Crippen molar-refractivity contribution in [2.45, 2.75) is 31.5 Å². The molecule has 1 aliphatic heterocycles. The first-order valence-corrected chi connectivity index (χ1v) is 8.04. The van der Waals surface area contributed by atoms with Crippen molar-refractivity contribution < 1.29 is 13.5 Å². The fourth-order valence-electron chi connectivity index (χ4n) is 2.50. The minimum absolute atomic E-state index is 0.177. The van der Waals surface area contributed by atoms with E-state index in [0.29, 0.717) is 30.0 Å². The monoisotopic (exact) mass is 308 g/mol. The fraction of sp³-hybridized carbons (Fsp3) is 0.385. The number of aliphatic hydroxyl groups is 1. The van der Waals surface area contributed by atoms with Crippen LogP contribution in [0.5, 0.6) is 0 Å². The molecule has 0 bridgehead atoms. The molecule has 1 aromatic carbocycles. The highest BCUT2D eigenvalue weighted by atomic mass is 32.2. The number of benzene rings is 1. The van der Waals surface area contributed by atoms with Gasteiger partial charge in [0, 0.05) is 13.1 Å². The van der Waals surface area contributed by atoms with Crippen LogP contribution in [-0.2, 0) is 29.7 Å². The van der Waals surface area contributed by atoms with Gasteiger partial charge in [-0.2, -0.15) is 4.31 Å². The fourth-order valence-corrected chi connectivity index (χ4v) is 4.15. The van der Waals surface area contributed by atoms with Crippen LogP contribution < -0.4 is 0 Å². The minimum Gasteiger partial charge on any atom is -0.392 e. The summed E-state index contributed by atoms with van der Waals surface area (Å²) in [5.74, 6) is 0.640. The maximum atomic E-state index is 12.8. The van der Waals surface area contributed by atoms with Gasteiger partial charge in [-0.05, 0) is 24.1 Å². The molecule has 2 heterocycles. The van der Waals surface area contributed by atoms with Gasteiger partial charge in [-0.15, -0.1) is 10.2 Å². The highest BCUT2D eigenvalue weighted by Crippen LogP contribution is 2.25. The Balaban J connectivity index is 1.99. The van der Waals surface area contributed by atoms with Crippen LogP contribution in [-0.4, -0.2) is 39.1 Å². The number of rotatable bonds is 3. The van der Waals surface area contributed by atoms with Gasteiger partial charge in [-0.1, -0.05) is 12.1 Å². The molecule has 0 spiro atoms. The SMILES string of the molecule is Cc1c(CO)cccc1S(=O)(=O)N1CCn2cnnc2C1. The van der Waals surface area contributed by atoms with Gasteiger partial charge in [-0.3, -0.25) is 0 Å². The van der Waals surface area contributed by atoms with Crippen LogP contribution in [0.15, 0.2) is 29.4 Å². The first-order valence-electron chi connectivity index (χ1n) is 6.60. The van der Waals surface area contributed by atoms with Gasteiger partial charge in [0.25, 0.3) is 0 Å². The zero-order valence-electron chi connectivity index (χ0n) is 11.6. The molecule has 2 aromatic rings. The number of hydrogen-bond acceptors (Lipinski definition) is 5. The lowest BCUT2D eigenvalue weighted by molar-refractivity contribution is 0.280. The van der Waals surface area contributed by atoms with E-state index in [0.717, 1.165) is 0 Å². The van der Waals surface area contributed by atoms with Crippen LogP contribution in [0.3, 0.4) is 0 Å². The van der Waals surface area contributed by atoms with Crippen molar-refractivity contribution in [1.29, 1.82) is 0 Å². The zero-order chi connectivity index (χ0) is 15.0. The number of aromatic nitrogens is 3. The lowest BCUT2D eigenvalue weighted by Crippen LogP contribution is -2.38. The van der Waals surface area contributed by atoms with E-state index < -0.39 is 10.0 Å². The largest absolute Gasteiger partial charge is 0.392 e. The van der Waals surface area contributed by atoms with Gasteiger partial charge in [0.05, 0.1) is 18.0 Å². The van der Waals surface area contributed by atoms with Gasteiger partial charge in [-0.25, -0.2) is 8.42 Å². The van der Waals surface area contributed by atoms with Crippen LogP contribution in [0.4, 0.5) is 0 Å². The zero-order valence-corrected chi connectivity index (χ0v) is 12.4. The van der Waals surface area contributed by atoms with Gasteiger partial charge in [0.15, 0.2) is 0 Å². The van der Waals surface area contributed by atoms with E-state index in [1.165, 1.54) is 4.31 Å². The van der Waals surface area contributed by atoms with Crippen LogP contribution in [0.1, 0.15) is 17.0 Å². The van der Waals surface area contributed by atoms with E-state index >= 15 is 0 Å². The van der Waals surface area contributed by atoms with Crippen molar-refractivity contribution in [3.8, 4) is 0 Å². The summed E-state index contributed by atoms with van der Waals surface area (Å²) in [5, 5.41) is 17.0. The lowest BCUT2D eigenvalue weighted by Gasteiger charge is -2.27. The Bertz CT molecular complexity index is 769. The third-order valence-corrected chi connectivity index (χ3v) is 5.78. The molecule has 1 aromatic heterocycles. The highest BCUT2D eigenvalue weighted by molar-refractivity contribution is 7.89. The summed E-state index contributed by atoms with van der Waals surface area (Å²) in [6, 6.07) is 4.95. The van der Waals surface area contributed by atoms with Crippen LogP contribution in [0, 0.1) is 6.92 Å². The molecular weight excluding hydrogens is 292 g/mol. The Hall–Kier alpha value is -1.77. The molecule has 0 amide bonds. The molecule has 0 saturated heterocycles. The maximum absolute atomic E-state index is 12.8. The van der Waals surface area contributed by atoms with Gasteiger partial charge in [0.2, 0.25) is 10.0 Å². The molecule has 0 aliphatic carbocycles. The number of aliphatic hydroxyl groups excluding tert-OH is 1. The van der Waals surface area contributed by atoms with Crippen LogP contribution in [0.2, 0.25) is 0 Å². The van der Waals surface area contributed by atoms with Crippen molar-refractivity contribution in [2.75, 3.05) is 6.54 Å². The Labute approximate surface area is 122 Å². The van der Waals surface area contributed by atoms with Crippen LogP contribution in [0.25, 0.3) is 0 Å². The van der Waals surface area contributed by atoms with E-state index in [1.54, 1.807) is 31.5 Å². The third-order valence-electron chi connectivity index (χ3n) is 3.79. The molecule has 1 aliphatic rings. The van der Waals surface area contributed by atoms with E-state index in [4.69, 9.17) is 0 Å². The normalized spacial score (nSPS) is 15.9. The van der Waals surface area contributed by atoms with E-state index in [2.05, 4.69) is 10.2 Å². The summed E-state index contributed by atoms with van der Waals surface area (Å²) in [6.45, 7) is 2.68. The third kappa shape index (κ3) is 2.35. The molecule has 0 unspecified atom stereocenters. The Kier molecular flexibility index (Phi) is 3.52. The number of hydrogen-bond donors (Lipinski definition) is 1. The first-order chi connectivity index (χ1) is 10.0. The number of nitrogens with zero attached hydrogens (tertiary/aromatic N) is 4. The summed E-state index contributed by atoms with van der Waals surface area (Å²) in [4.78, 5) is 0.238. The molecule has 1 N–H and O–H groups in total. The average molecular weight is 308 g/mol. The summed E-state index contributed by atoms with van der Waals surface area (Å²) in [6.07, 6.45) is 1.61. The van der Waals surface area contributed by atoms with E-state index in [1.807, 2.05) is 4.57 Å². The summed E-state index contributed by atoms with van der Waals surface area (Å²) in [5.41, 5.74) is 1.21. The quantitative estimate of drug-likeness (QED) is 0.880. The molecule has 8 heteroatoms. The minimum atomic E-state index is -3.60. The second-order valence-electron chi connectivity index (χ2n) is 4.98. The Morgan fingerprint density at radius 3 is 2.90 bits per heavy atom. The second kappa shape index (κ2) is 5.21. The second-order valence-corrected chi connectivity index (χ2v) is 6.88. The predicted molar refractivity (Wildman–Crippen MR) is 74.7 cm³/mol. The van der Waals surface area contributed by atoms with E-state index in [-0.39, 0.29) is 18.0 Å². The molecule has 0 atom stereocenters. The van der Waals surface area contributed by atoms with Crippen molar-refractivity contribution in [1.82, 2.24) is 19.1 Å². The Morgan fingerprint density at radius 2 is 2.14 bits per heavy atom. The molecule has 0 radical (unpaired) electrons. The average Bonchev–Trinajstić information content (AvgIpc) is 2.94. The van der Waals surface area contributed by atoms with Gasteiger partial charge >= 0.3 is 0 Å². The first kappa shape index (κ1) is 14.2. The maximum Gasteiger partial charge on any atom is 0.243 e. The number of sulfonamides is 1. The van der Waals surface area contributed by atoms with Gasteiger partial charge in [0.1, 0.15) is 12.2 Å². The molecule has 112 valence electrons. The van der Waals surface area contributed by atoms with Crippen LogP contribution >= 0.6 is 0 Å². The Morgan fingerprint density at radius 1 is 1.33 bits per heavy atom. The van der Waals surface area contributed by atoms with E-state index in [9.17, 15) is 13.5 Å². The highest BCUT2D eigenvalue weighted by Gasteiger charge is 2.30. The molecular formula is C13H16N4O3S. The smallest absolute Gasteiger partial charge is 0.243 e. The summed E-state index contributed by atoms with van der Waals surface area (Å²) < 4.78 is 28.8. The molecule has 21 heavy (non-hydrogen) atoms. The molecule has 7 nitrogen and oxygen atoms in total. The topological polar surface area (TPSA) is 88.3 Å². The van der Waals surface area contributed by atoms with Crippen molar-refractivity contribution >= 4 is 10.0 Å². The summed E-state index contributed by atoms with van der Waals surface area (Å²) >= 11 is 0. The van der Waals surface area contributed by atoms with Gasteiger partial charge < -0.3 is 9.67 Å². The molecule has 0 fully saturated rings. The summed E-state index contributed by atoms with van der Waals surface area (Å²) in [7, 11) is -3.60. The number of fused-ring (bicyclic) bond motifs is 1.